The molecule has 0 unspecified atom stereocenters. The third-order valence-corrected chi connectivity index (χ3v) is 4.28. The van der Waals surface area contributed by atoms with E-state index in [9.17, 15) is 10.1 Å². The van der Waals surface area contributed by atoms with Crippen molar-refractivity contribution in [3.63, 3.8) is 0 Å². The van der Waals surface area contributed by atoms with Crippen molar-refractivity contribution in [2.24, 2.45) is 0 Å². The first-order valence-corrected chi connectivity index (χ1v) is 6.74. The van der Waals surface area contributed by atoms with E-state index in [1.165, 1.54) is 18.9 Å². The Bertz CT molecular complexity index is 485. The minimum absolute atomic E-state index is 0.0123. The Morgan fingerprint density at radius 2 is 2.11 bits per heavy atom. The first-order chi connectivity index (χ1) is 8.50. The molecule has 1 fully saturated rings. The molecule has 1 saturated heterocycles. The minimum atomic E-state index is -0.424. The van der Waals surface area contributed by atoms with Crippen LogP contribution in [-0.4, -0.2) is 22.9 Å². The van der Waals surface area contributed by atoms with E-state index in [-0.39, 0.29) is 5.69 Å². The van der Waals surface area contributed by atoms with Gasteiger partial charge in [-0.05, 0) is 38.4 Å². The van der Waals surface area contributed by atoms with Crippen molar-refractivity contribution in [1.29, 1.82) is 0 Å². The van der Waals surface area contributed by atoms with E-state index in [2.05, 4.69) is 20.8 Å². The monoisotopic (exact) mass is 313 g/mol. The second-order valence-corrected chi connectivity index (χ2v) is 5.49. The number of nitrogen functional groups attached to an aromatic ring is 1. The van der Waals surface area contributed by atoms with Gasteiger partial charge in [-0.3, -0.25) is 15.0 Å². The summed E-state index contributed by atoms with van der Waals surface area (Å²) >= 11 is 3.37. The predicted octanol–water partition coefficient (Wildman–Crippen LogP) is 2.84. The summed E-state index contributed by atoms with van der Waals surface area (Å²) in [7, 11) is 0. The number of nitro groups is 1. The molecule has 0 atom stereocenters. The van der Waals surface area contributed by atoms with Gasteiger partial charge < -0.3 is 5.73 Å². The number of hydrogen-bond acceptors (Lipinski definition) is 4. The molecule has 98 valence electrons. The Kier molecular flexibility index (Phi) is 3.87. The topological polar surface area (TPSA) is 72.4 Å². The van der Waals surface area contributed by atoms with Crippen molar-refractivity contribution in [1.82, 2.24) is 4.90 Å². The highest BCUT2D eigenvalue weighted by molar-refractivity contribution is 9.10. The Hall–Kier alpha value is -1.14. The van der Waals surface area contributed by atoms with Gasteiger partial charge in [0.15, 0.2) is 0 Å². The highest BCUT2D eigenvalue weighted by atomic mass is 79.9. The maximum absolute atomic E-state index is 11.0. The molecule has 0 bridgehead atoms. The maximum Gasteiger partial charge on any atom is 0.293 e. The summed E-state index contributed by atoms with van der Waals surface area (Å²) in [4.78, 5) is 12.8. The van der Waals surface area contributed by atoms with E-state index in [1.807, 2.05) is 6.92 Å². The second-order valence-electron chi connectivity index (χ2n) is 4.64. The van der Waals surface area contributed by atoms with Crippen LogP contribution in [0.5, 0.6) is 0 Å². The van der Waals surface area contributed by atoms with Crippen LogP contribution in [0.25, 0.3) is 0 Å². The highest BCUT2D eigenvalue weighted by Gasteiger charge is 2.22. The van der Waals surface area contributed by atoms with Crippen molar-refractivity contribution in [2.45, 2.75) is 26.3 Å². The van der Waals surface area contributed by atoms with E-state index in [0.717, 1.165) is 28.7 Å². The number of likely N-dealkylation sites (tertiary alicyclic amines) is 1. The molecule has 0 spiro atoms. The fraction of sp³-hybridized carbons (Fsp3) is 0.500. The van der Waals surface area contributed by atoms with Crippen LogP contribution in [0.3, 0.4) is 0 Å². The van der Waals surface area contributed by atoms with Gasteiger partial charge in [0.1, 0.15) is 5.69 Å². The van der Waals surface area contributed by atoms with E-state index < -0.39 is 4.92 Å². The van der Waals surface area contributed by atoms with E-state index in [0.29, 0.717) is 12.2 Å². The predicted molar refractivity (Wildman–Crippen MR) is 74.5 cm³/mol. The zero-order valence-electron chi connectivity index (χ0n) is 10.3. The lowest BCUT2D eigenvalue weighted by Gasteiger charge is -2.18. The standard InChI is InChI=1S/C12H16BrN3O2/c1-8-9(7-15-4-2-3-5-15)12(14)11(16(17)18)6-10(8)13/h6H,2-5,7,14H2,1H3. The van der Waals surface area contributed by atoms with Crippen molar-refractivity contribution in [3.05, 3.63) is 31.8 Å². The molecular formula is C12H16BrN3O2. The summed E-state index contributed by atoms with van der Waals surface area (Å²) in [5, 5.41) is 11.0. The summed E-state index contributed by atoms with van der Waals surface area (Å²) in [6.45, 7) is 4.71. The summed E-state index contributed by atoms with van der Waals surface area (Å²) in [6, 6.07) is 1.48. The van der Waals surface area contributed by atoms with Gasteiger partial charge >= 0.3 is 0 Å². The molecule has 18 heavy (non-hydrogen) atoms. The molecule has 1 aliphatic rings. The normalized spacial score (nSPS) is 16.1. The molecule has 0 radical (unpaired) electrons. The molecule has 0 aromatic heterocycles. The Balaban J connectivity index is 2.40. The Morgan fingerprint density at radius 1 is 1.50 bits per heavy atom. The van der Waals surface area contributed by atoms with Crippen LogP contribution in [0.15, 0.2) is 10.5 Å². The van der Waals surface area contributed by atoms with E-state index in [4.69, 9.17) is 5.73 Å². The van der Waals surface area contributed by atoms with Crippen molar-refractivity contribution >= 4 is 27.3 Å². The minimum Gasteiger partial charge on any atom is -0.393 e. The van der Waals surface area contributed by atoms with Crippen LogP contribution in [0.4, 0.5) is 11.4 Å². The SMILES string of the molecule is Cc1c(Br)cc([N+](=O)[O-])c(N)c1CN1CCCC1. The number of hydrogen-bond donors (Lipinski definition) is 1. The lowest BCUT2D eigenvalue weighted by molar-refractivity contribution is -0.384. The van der Waals surface area contributed by atoms with Gasteiger partial charge in [0.2, 0.25) is 0 Å². The molecule has 1 heterocycles. The van der Waals surface area contributed by atoms with Crippen LogP contribution < -0.4 is 5.73 Å². The number of benzene rings is 1. The summed E-state index contributed by atoms with van der Waals surface area (Å²) in [5.74, 6) is 0. The smallest absolute Gasteiger partial charge is 0.293 e. The van der Waals surface area contributed by atoms with Gasteiger partial charge in [0.05, 0.1) is 4.92 Å². The largest absolute Gasteiger partial charge is 0.393 e. The fourth-order valence-electron chi connectivity index (χ4n) is 2.33. The van der Waals surface area contributed by atoms with Crippen LogP contribution in [0, 0.1) is 17.0 Å². The van der Waals surface area contributed by atoms with Crippen LogP contribution >= 0.6 is 15.9 Å². The highest BCUT2D eigenvalue weighted by Crippen LogP contribution is 2.34. The third kappa shape index (κ3) is 2.49. The number of nitro benzene ring substituents is 1. The maximum atomic E-state index is 11.0. The molecule has 0 saturated carbocycles. The Labute approximate surface area is 114 Å². The number of anilines is 1. The van der Waals surface area contributed by atoms with Gasteiger partial charge in [0.25, 0.3) is 5.69 Å². The van der Waals surface area contributed by atoms with Crippen LogP contribution in [0.1, 0.15) is 24.0 Å². The molecule has 0 amide bonds. The molecule has 0 aliphatic carbocycles. The average molecular weight is 314 g/mol. The molecule has 1 aliphatic heterocycles. The second kappa shape index (κ2) is 5.24. The Morgan fingerprint density at radius 3 is 2.67 bits per heavy atom. The first kappa shape index (κ1) is 13.3. The molecule has 2 N–H and O–H groups in total. The molecule has 6 heteroatoms. The van der Waals surface area contributed by atoms with Gasteiger partial charge in [-0.1, -0.05) is 15.9 Å². The van der Waals surface area contributed by atoms with E-state index >= 15 is 0 Å². The zero-order valence-corrected chi connectivity index (χ0v) is 11.9. The van der Waals surface area contributed by atoms with Crippen molar-refractivity contribution < 1.29 is 4.92 Å². The fourth-order valence-corrected chi connectivity index (χ4v) is 2.78. The van der Waals surface area contributed by atoms with Gasteiger partial charge in [-0.15, -0.1) is 0 Å². The number of rotatable bonds is 3. The van der Waals surface area contributed by atoms with Gasteiger partial charge in [0, 0.05) is 22.6 Å². The van der Waals surface area contributed by atoms with Crippen LogP contribution in [-0.2, 0) is 6.54 Å². The van der Waals surface area contributed by atoms with Crippen molar-refractivity contribution in [2.75, 3.05) is 18.8 Å². The zero-order chi connectivity index (χ0) is 13.3. The molecule has 2 rings (SSSR count). The van der Waals surface area contributed by atoms with Crippen LogP contribution in [0.2, 0.25) is 0 Å². The summed E-state index contributed by atoms with van der Waals surface area (Å²) in [6.07, 6.45) is 2.38. The molecule has 1 aromatic carbocycles. The summed E-state index contributed by atoms with van der Waals surface area (Å²) < 4.78 is 0.748. The average Bonchev–Trinajstić information content (AvgIpc) is 2.81. The molecular weight excluding hydrogens is 298 g/mol. The third-order valence-electron chi connectivity index (χ3n) is 3.45. The van der Waals surface area contributed by atoms with Gasteiger partial charge in [-0.25, -0.2) is 0 Å². The summed E-state index contributed by atoms with van der Waals surface area (Å²) in [5.41, 5.74) is 8.09. The first-order valence-electron chi connectivity index (χ1n) is 5.95. The van der Waals surface area contributed by atoms with Crippen molar-refractivity contribution in [3.8, 4) is 0 Å². The lowest BCUT2D eigenvalue weighted by atomic mass is 10.0. The number of halogens is 1. The lowest BCUT2D eigenvalue weighted by Crippen LogP contribution is -2.20. The number of nitrogens with zero attached hydrogens (tertiary/aromatic N) is 2. The van der Waals surface area contributed by atoms with Gasteiger partial charge in [-0.2, -0.15) is 0 Å². The van der Waals surface area contributed by atoms with E-state index in [1.54, 1.807) is 0 Å². The molecule has 1 aromatic rings. The number of nitrogens with two attached hydrogens (primary N) is 1. The quantitative estimate of drug-likeness (QED) is 0.529. The molecule has 5 nitrogen and oxygen atoms in total.